The molecule has 0 aliphatic rings. The van der Waals surface area contributed by atoms with Gasteiger partial charge in [0.05, 0.1) is 24.7 Å². The number of rotatable bonds is 8. The lowest BCUT2D eigenvalue weighted by Gasteiger charge is -2.24. The molecule has 0 N–H and O–H groups in total. The summed E-state index contributed by atoms with van der Waals surface area (Å²) in [5.41, 5.74) is 1.30. The summed E-state index contributed by atoms with van der Waals surface area (Å²) in [5.74, 6) is 0. The molecule has 0 fully saturated rings. The van der Waals surface area contributed by atoms with Gasteiger partial charge in [-0.15, -0.1) is 0 Å². The predicted octanol–water partition coefficient (Wildman–Crippen LogP) is 1.67. The summed E-state index contributed by atoms with van der Waals surface area (Å²) in [5, 5.41) is 8.44. The minimum atomic E-state index is -2.70. The highest BCUT2D eigenvalue weighted by Crippen LogP contribution is 2.15. The van der Waals surface area contributed by atoms with E-state index in [9.17, 15) is 0 Å². The van der Waals surface area contributed by atoms with Crippen LogP contribution in [0.1, 0.15) is 20.3 Å². The van der Waals surface area contributed by atoms with E-state index in [1.807, 2.05) is 26.0 Å². The topological polar surface area (TPSA) is 60.7 Å². The Kier molecular flexibility index (Phi) is 7.26. The van der Waals surface area contributed by atoms with Gasteiger partial charge in [-0.1, -0.05) is 6.08 Å². The van der Waals surface area contributed by atoms with Crippen molar-refractivity contribution >= 4 is 8.80 Å². The molecule has 0 amide bonds. The van der Waals surface area contributed by atoms with Gasteiger partial charge >= 0.3 is 8.80 Å². The molecule has 17 heavy (non-hydrogen) atoms. The number of ether oxygens (including phenoxy) is 1. The zero-order valence-electron chi connectivity index (χ0n) is 11.1. The SMILES string of the molecule is CO[Si](/C=C/C(C)(C)OCCC#N)(OC)OC. The molecule has 0 spiro atoms. The summed E-state index contributed by atoms with van der Waals surface area (Å²) in [7, 11) is 1.95. The Morgan fingerprint density at radius 2 is 1.71 bits per heavy atom. The minimum absolute atomic E-state index is 0.374. The average Bonchev–Trinajstić information content (AvgIpc) is 2.32. The maximum atomic E-state index is 8.44. The molecule has 0 heterocycles. The van der Waals surface area contributed by atoms with Crippen molar-refractivity contribution in [3.8, 4) is 6.07 Å². The summed E-state index contributed by atoms with van der Waals surface area (Å²) in [6.07, 6.45) is 2.21. The number of hydrogen-bond donors (Lipinski definition) is 0. The summed E-state index contributed by atoms with van der Waals surface area (Å²) >= 11 is 0. The van der Waals surface area contributed by atoms with Gasteiger partial charge in [-0.2, -0.15) is 5.26 Å². The minimum Gasteiger partial charge on any atom is -0.374 e. The molecule has 5 nitrogen and oxygen atoms in total. The first-order valence-electron chi connectivity index (χ1n) is 5.32. The van der Waals surface area contributed by atoms with Crippen LogP contribution in [0, 0.1) is 11.3 Å². The summed E-state index contributed by atoms with van der Waals surface area (Å²) in [6.45, 7) is 4.21. The van der Waals surface area contributed by atoms with E-state index >= 15 is 0 Å². The number of nitrogens with zero attached hydrogens (tertiary/aromatic N) is 1. The lowest BCUT2D eigenvalue weighted by Crippen LogP contribution is -2.41. The molecule has 0 radical (unpaired) electrons. The fraction of sp³-hybridized carbons (Fsp3) is 0.727. The Hall–Kier alpha value is -0.713. The van der Waals surface area contributed by atoms with Crippen molar-refractivity contribution in [1.29, 1.82) is 5.26 Å². The van der Waals surface area contributed by atoms with E-state index < -0.39 is 14.4 Å². The predicted molar refractivity (Wildman–Crippen MR) is 66.2 cm³/mol. The molecule has 0 rings (SSSR count). The van der Waals surface area contributed by atoms with Crippen LogP contribution in [-0.4, -0.2) is 42.3 Å². The molecule has 98 valence electrons. The van der Waals surface area contributed by atoms with Crippen LogP contribution in [0.4, 0.5) is 0 Å². The maximum absolute atomic E-state index is 8.44. The van der Waals surface area contributed by atoms with Crippen LogP contribution in [-0.2, 0) is 18.0 Å². The van der Waals surface area contributed by atoms with Gasteiger partial charge in [0.25, 0.3) is 0 Å². The van der Waals surface area contributed by atoms with Crippen LogP contribution >= 0.6 is 0 Å². The summed E-state index contributed by atoms with van der Waals surface area (Å²) in [4.78, 5) is 0. The highest BCUT2D eigenvalue weighted by Gasteiger charge is 2.35. The van der Waals surface area contributed by atoms with Gasteiger partial charge in [0, 0.05) is 21.3 Å². The van der Waals surface area contributed by atoms with Gasteiger partial charge in [-0.25, -0.2) is 0 Å². The first-order valence-corrected chi connectivity index (χ1v) is 7.12. The molecule has 0 saturated carbocycles. The van der Waals surface area contributed by atoms with Crippen molar-refractivity contribution in [1.82, 2.24) is 0 Å². The first kappa shape index (κ1) is 16.3. The average molecular weight is 259 g/mol. The molecule has 0 saturated heterocycles. The Morgan fingerprint density at radius 3 is 2.12 bits per heavy atom. The van der Waals surface area contributed by atoms with Crippen LogP contribution in [0.3, 0.4) is 0 Å². The van der Waals surface area contributed by atoms with Crippen molar-refractivity contribution in [3.63, 3.8) is 0 Å². The van der Waals surface area contributed by atoms with Crippen LogP contribution in [0.2, 0.25) is 0 Å². The molecule has 0 aliphatic heterocycles. The van der Waals surface area contributed by atoms with Crippen molar-refractivity contribution in [2.45, 2.75) is 25.9 Å². The monoisotopic (exact) mass is 259 g/mol. The maximum Gasteiger partial charge on any atom is 0.528 e. The van der Waals surface area contributed by atoms with E-state index in [1.165, 1.54) is 0 Å². The Labute approximate surface area is 104 Å². The van der Waals surface area contributed by atoms with Crippen LogP contribution in [0.5, 0.6) is 0 Å². The largest absolute Gasteiger partial charge is 0.528 e. The van der Waals surface area contributed by atoms with E-state index in [1.54, 1.807) is 27.0 Å². The molecule has 6 heteroatoms. The van der Waals surface area contributed by atoms with Crippen LogP contribution < -0.4 is 0 Å². The second-order valence-electron chi connectivity index (χ2n) is 3.91. The van der Waals surface area contributed by atoms with Gasteiger partial charge in [0.2, 0.25) is 0 Å². The van der Waals surface area contributed by atoms with Gasteiger partial charge in [-0.05, 0) is 19.5 Å². The fourth-order valence-corrected chi connectivity index (χ4v) is 2.68. The van der Waals surface area contributed by atoms with E-state index in [4.69, 9.17) is 23.3 Å². The van der Waals surface area contributed by atoms with Crippen molar-refractivity contribution in [3.05, 3.63) is 11.8 Å². The summed E-state index contributed by atoms with van der Waals surface area (Å²) in [6, 6.07) is 2.03. The van der Waals surface area contributed by atoms with Crippen molar-refractivity contribution in [2.75, 3.05) is 27.9 Å². The molecule has 0 aromatic heterocycles. The molecular formula is C11H21NO4Si. The van der Waals surface area contributed by atoms with E-state index in [-0.39, 0.29) is 0 Å². The lowest BCUT2D eigenvalue weighted by atomic mass is 10.1. The quantitative estimate of drug-likeness (QED) is 0.490. The highest BCUT2D eigenvalue weighted by molar-refractivity contribution is 6.66. The molecular weight excluding hydrogens is 238 g/mol. The third-order valence-electron chi connectivity index (χ3n) is 2.23. The fourth-order valence-electron chi connectivity index (χ4n) is 1.16. The van der Waals surface area contributed by atoms with E-state index in [2.05, 4.69) is 0 Å². The smallest absolute Gasteiger partial charge is 0.374 e. The second-order valence-corrected chi connectivity index (χ2v) is 6.67. The third-order valence-corrected chi connectivity index (χ3v) is 4.51. The summed E-state index contributed by atoms with van der Waals surface area (Å²) < 4.78 is 21.3. The van der Waals surface area contributed by atoms with Crippen molar-refractivity contribution in [2.24, 2.45) is 0 Å². The van der Waals surface area contributed by atoms with E-state index in [0.717, 1.165) is 0 Å². The van der Waals surface area contributed by atoms with Crippen LogP contribution in [0.15, 0.2) is 11.8 Å². The third kappa shape index (κ3) is 5.96. The normalized spacial score (nSPS) is 12.9. The molecule has 0 bridgehead atoms. The zero-order valence-corrected chi connectivity index (χ0v) is 12.1. The van der Waals surface area contributed by atoms with Gasteiger partial charge in [0.1, 0.15) is 0 Å². The van der Waals surface area contributed by atoms with Gasteiger partial charge < -0.3 is 18.0 Å². The van der Waals surface area contributed by atoms with E-state index in [0.29, 0.717) is 13.0 Å². The molecule has 0 aliphatic carbocycles. The molecule has 0 atom stereocenters. The zero-order chi connectivity index (χ0) is 13.4. The number of nitriles is 1. The van der Waals surface area contributed by atoms with Gasteiger partial charge in [0.15, 0.2) is 0 Å². The Morgan fingerprint density at radius 1 is 1.18 bits per heavy atom. The first-order chi connectivity index (χ1) is 7.95. The standard InChI is InChI=1S/C11H21NO4Si/c1-11(2,16-9-6-8-12)7-10-17(13-3,14-4)15-5/h7,10H,6,9H2,1-5H3/b10-7+. The lowest BCUT2D eigenvalue weighted by molar-refractivity contribution is 0.0227. The Bertz CT molecular complexity index is 273. The molecule has 0 aromatic carbocycles. The molecule has 0 unspecified atom stereocenters. The number of hydrogen-bond acceptors (Lipinski definition) is 5. The Balaban J connectivity index is 4.51. The molecule has 0 aromatic rings. The van der Waals surface area contributed by atoms with Crippen LogP contribution in [0.25, 0.3) is 0 Å². The van der Waals surface area contributed by atoms with Crippen molar-refractivity contribution < 1.29 is 18.0 Å². The second kappa shape index (κ2) is 7.58. The highest BCUT2D eigenvalue weighted by atomic mass is 28.4. The van der Waals surface area contributed by atoms with Gasteiger partial charge in [-0.3, -0.25) is 0 Å².